The van der Waals surface area contributed by atoms with Gasteiger partial charge in [-0.05, 0) is 42.8 Å². The van der Waals surface area contributed by atoms with Crippen LogP contribution < -0.4 is 10.9 Å². The van der Waals surface area contributed by atoms with Crippen molar-refractivity contribution in [1.82, 2.24) is 9.55 Å². The second-order valence-electron chi connectivity index (χ2n) is 6.25. The molecule has 0 fully saturated rings. The van der Waals surface area contributed by atoms with Gasteiger partial charge in [-0.3, -0.25) is 14.2 Å². The topological polar surface area (TPSA) is 73.2 Å². The molecule has 0 aliphatic rings. The molecule has 0 bridgehead atoms. The number of hydrogen-bond acceptors (Lipinski definition) is 5. The van der Waals surface area contributed by atoms with E-state index in [4.69, 9.17) is 27.9 Å². The molecular weight excluding hydrogens is 433 g/mol. The molecule has 1 heterocycles. The molecule has 0 saturated carbocycles. The van der Waals surface area contributed by atoms with Gasteiger partial charge in [0.15, 0.2) is 5.16 Å². The van der Waals surface area contributed by atoms with Crippen LogP contribution in [0.1, 0.15) is 5.56 Å². The minimum absolute atomic E-state index is 0.0808. The zero-order chi connectivity index (χ0) is 21.0. The lowest BCUT2D eigenvalue weighted by atomic mass is 10.2. The van der Waals surface area contributed by atoms with Gasteiger partial charge in [0.2, 0.25) is 5.91 Å². The molecule has 29 heavy (non-hydrogen) atoms. The van der Waals surface area contributed by atoms with E-state index in [-0.39, 0.29) is 17.2 Å². The summed E-state index contributed by atoms with van der Waals surface area (Å²) in [7, 11) is 1.56. The van der Waals surface area contributed by atoms with Crippen LogP contribution in [0.4, 0.5) is 5.69 Å². The summed E-state index contributed by atoms with van der Waals surface area (Å²) in [5.41, 5.74) is 1.74. The van der Waals surface area contributed by atoms with Crippen LogP contribution in [0.2, 0.25) is 10.0 Å². The lowest BCUT2D eigenvalue weighted by Gasteiger charge is -2.13. The van der Waals surface area contributed by atoms with E-state index in [1.54, 1.807) is 43.5 Å². The van der Waals surface area contributed by atoms with E-state index in [1.807, 2.05) is 6.92 Å². The average Bonchev–Trinajstić information content (AvgIpc) is 2.69. The second-order valence-corrected chi connectivity index (χ2v) is 8.04. The van der Waals surface area contributed by atoms with Crippen molar-refractivity contribution < 1.29 is 9.53 Å². The second kappa shape index (κ2) is 9.63. The van der Waals surface area contributed by atoms with Gasteiger partial charge < -0.3 is 10.1 Å². The Morgan fingerprint density at radius 1 is 1.28 bits per heavy atom. The number of halogens is 2. The third kappa shape index (κ3) is 5.11. The summed E-state index contributed by atoms with van der Waals surface area (Å²) in [6.45, 7) is 2.52. The Balaban J connectivity index is 1.85. The predicted octanol–water partition coefficient (Wildman–Crippen LogP) is 4.39. The van der Waals surface area contributed by atoms with Gasteiger partial charge in [0.25, 0.3) is 5.56 Å². The molecule has 0 saturated heterocycles. The number of aromatic nitrogens is 2. The van der Waals surface area contributed by atoms with Gasteiger partial charge in [0, 0.05) is 22.8 Å². The Morgan fingerprint density at radius 2 is 2.07 bits per heavy atom. The number of carbonyl (C=O) groups excluding carboxylic acids is 1. The maximum Gasteiger partial charge on any atom is 0.262 e. The molecule has 1 aromatic heterocycles. The Labute approximate surface area is 182 Å². The number of methoxy groups -OCH3 is 1. The smallest absolute Gasteiger partial charge is 0.262 e. The van der Waals surface area contributed by atoms with E-state index in [0.29, 0.717) is 44.9 Å². The highest BCUT2D eigenvalue weighted by atomic mass is 35.5. The highest BCUT2D eigenvalue weighted by Gasteiger charge is 2.14. The molecule has 0 aliphatic heterocycles. The van der Waals surface area contributed by atoms with Gasteiger partial charge in [-0.25, -0.2) is 4.98 Å². The molecular formula is C20H19Cl2N3O3S. The van der Waals surface area contributed by atoms with Crippen molar-refractivity contribution in [2.45, 2.75) is 18.6 Å². The van der Waals surface area contributed by atoms with Crippen LogP contribution in [0.3, 0.4) is 0 Å². The molecule has 9 heteroatoms. The summed E-state index contributed by atoms with van der Waals surface area (Å²) in [6.07, 6.45) is 0. The number of anilines is 1. The molecule has 3 rings (SSSR count). The zero-order valence-corrected chi connectivity index (χ0v) is 18.2. The molecule has 0 aliphatic carbocycles. The molecule has 1 amide bonds. The Bertz CT molecular complexity index is 1120. The number of rotatable bonds is 7. The zero-order valence-electron chi connectivity index (χ0n) is 15.9. The molecule has 3 aromatic rings. The van der Waals surface area contributed by atoms with Crippen molar-refractivity contribution in [1.29, 1.82) is 0 Å². The van der Waals surface area contributed by atoms with Crippen molar-refractivity contribution in [2.75, 3.05) is 24.8 Å². The average molecular weight is 452 g/mol. The van der Waals surface area contributed by atoms with Crippen molar-refractivity contribution in [2.24, 2.45) is 0 Å². The number of hydrogen-bond donors (Lipinski definition) is 1. The van der Waals surface area contributed by atoms with Crippen molar-refractivity contribution in [3.8, 4) is 0 Å². The van der Waals surface area contributed by atoms with Crippen LogP contribution in [0.15, 0.2) is 46.3 Å². The first kappa shape index (κ1) is 21.6. The Hall–Kier alpha value is -2.06. The van der Waals surface area contributed by atoms with E-state index >= 15 is 0 Å². The quantitative estimate of drug-likeness (QED) is 0.425. The third-order valence-electron chi connectivity index (χ3n) is 4.28. The van der Waals surface area contributed by atoms with Crippen molar-refractivity contribution >= 4 is 57.5 Å². The molecule has 0 radical (unpaired) electrons. The Kier molecular flexibility index (Phi) is 7.18. The number of nitrogens with one attached hydrogen (secondary N) is 1. The normalized spacial score (nSPS) is 11.0. The van der Waals surface area contributed by atoms with Gasteiger partial charge in [0.05, 0.1) is 29.8 Å². The summed E-state index contributed by atoms with van der Waals surface area (Å²) < 4.78 is 6.62. The monoisotopic (exact) mass is 451 g/mol. The van der Waals surface area contributed by atoms with E-state index in [0.717, 1.165) is 5.56 Å². The van der Waals surface area contributed by atoms with Crippen molar-refractivity contribution in [3.63, 3.8) is 0 Å². The molecule has 152 valence electrons. The summed E-state index contributed by atoms with van der Waals surface area (Å²) in [4.78, 5) is 29.9. The van der Waals surface area contributed by atoms with Crippen molar-refractivity contribution in [3.05, 3.63) is 62.4 Å². The van der Waals surface area contributed by atoms with Gasteiger partial charge in [-0.15, -0.1) is 0 Å². The minimum atomic E-state index is -0.223. The fourth-order valence-corrected chi connectivity index (χ4v) is 3.89. The first-order chi connectivity index (χ1) is 13.9. The maximum atomic E-state index is 12.9. The van der Waals surface area contributed by atoms with E-state index < -0.39 is 0 Å². The van der Waals surface area contributed by atoms with Crippen LogP contribution in [-0.2, 0) is 16.1 Å². The Morgan fingerprint density at radius 3 is 2.83 bits per heavy atom. The maximum absolute atomic E-state index is 12.9. The first-order valence-corrected chi connectivity index (χ1v) is 10.5. The molecule has 0 spiro atoms. The van der Waals surface area contributed by atoms with E-state index in [9.17, 15) is 9.59 Å². The van der Waals surface area contributed by atoms with Crippen LogP contribution in [-0.4, -0.2) is 34.9 Å². The number of carbonyl (C=O) groups is 1. The lowest BCUT2D eigenvalue weighted by molar-refractivity contribution is -0.113. The standard InChI is InChI=1S/C20H19Cl2N3O3S/c1-12-15(22)4-3-5-16(12)23-18(26)11-29-20-24-17-10-13(21)6-7-14(17)19(27)25(20)8-9-28-2/h3-7,10H,8-9,11H2,1-2H3,(H,23,26). The minimum Gasteiger partial charge on any atom is -0.383 e. The third-order valence-corrected chi connectivity index (χ3v) is 5.90. The van der Waals surface area contributed by atoms with Gasteiger partial charge >= 0.3 is 0 Å². The van der Waals surface area contributed by atoms with E-state index in [1.165, 1.54) is 16.3 Å². The lowest BCUT2D eigenvalue weighted by Crippen LogP contribution is -2.26. The molecule has 2 aromatic carbocycles. The number of nitrogens with zero attached hydrogens (tertiary/aromatic N) is 2. The highest BCUT2D eigenvalue weighted by molar-refractivity contribution is 7.99. The SMILES string of the molecule is COCCn1c(SCC(=O)Nc2cccc(Cl)c2C)nc2cc(Cl)ccc2c1=O. The largest absolute Gasteiger partial charge is 0.383 e. The number of benzene rings is 2. The summed E-state index contributed by atoms with van der Waals surface area (Å²) >= 11 is 13.3. The van der Waals surface area contributed by atoms with Crippen LogP contribution in [0.25, 0.3) is 10.9 Å². The fourth-order valence-electron chi connectivity index (χ4n) is 2.72. The van der Waals surface area contributed by atoms with E-state index in [2.05, 4.69) is 10.3 Å². The van der Waals surface area contributed by atoms with Crippen LogP contribution in [0.5, 0.6) is 0 Å². The van der Waals surface area contributed by atoms with Gasteiger partial charge in [-0.2, -0.15) is 0 Å². The fraction of sp³-hybridized carbons (Fsp3) is 0.250. The molecule has 1 N–H and O–H groups in total. The van der Waals surface area contributed by atoms with Crippen LogP contribution in [0, 0.1) is 6.92 Å². The molecule has 0 atom stereocenters. The van der Waals surface area contributed by atoms with Gasteiger partial charge in [0.1, 0.15) is 0 Å². The highest BCUT2D eigenvalue weighted by Crippen LogP contribution is 2.24. The number of fused-ring (bicyclic) bond motifs is 1. The first-order valence-electron chi connectivity index (χ1n) is 8.77. The molecule has 6 nitrogen and oxygen atoms in total. The van der Waals surface area contributed by atoms with Gasteiger partial charge in [-0.1, -0.05) is 41.0 Å². The summed E-state index contributed by atoms with van der Waals surface area (Å²) in [6, 6.07) is 10.3. The number of ether oxygens (including phenoxy) is 1. The number of thioether (sulfide) groups is 1. The summed E-state index contributed by atoms with van der Waals surface area (Å²) in [5, 5.41) is 4.81. The predicted molar refractivity (Wildman–Crippen MR) is 118 cm³/mol. The molecule has 0 unspecified atom stereocenters. The summed E-state index contributed by atoms with van der Waals surface area (Å²) in [5.74, 6) is -0.142. The van der Waals surface area contributed by atoms with Crippen LogP contribution >= 0.6 is 35.0 Å². The number of amides is 1.